The van der Waals surface area contributed by atoms with Gasteiger partial charge in [-0.15, -0.1) is 0 Å². The van der Waals surface area contributed by atoms with Crippen molar-refractivity contribution in [1.82, 2.24) is 0 Å². The highest BCUT2D eigenvalue weighted by Crippen LogP contribution is 2.42. The Bertz CT molecular complexity index is 858. The molecule has 1 aliphatic heterocycles. The van der Waals surface area contributed by atoms with Gasteiger partial charge in [0.1, 0.15) is 11.9 Å². The maximum absolute atomic E-state index is 12.8. The number of hydrogen-bond acceptors (Lipinski definition) is 7. The second kappa shape index (κ2) is 8.65. The van der Waals surface area contributed by atoms with Crippen LogP contribution in [0.5, 0.6) is 23.0 Å². The number of hydrogen-bond donors (Lipinski definition) is 0. The van der Waals surface area contributed by atoms with Gasteiger partial charge in [0.2, 0.25) is 12.5 Å². The van der Waals surface area contributed by atoms with Crippen molar-refractivity contribution in [3.63, 3.8) is 0 Å². The van der Waals surface area contributed by atoms with E-state index in [1.54, 1.807) is 19.2 Å². The standard InChI is InChI=1S/C21H22O7/c1-13(22)28-17(8-14-4-6-16(24-2)7-5-14)11-18(23)15-9-19(25-3)21-20(10-15)26-12-27-21/h4-7,9-10,17H,8,11-12H2,1-3H3/t17-/m0/s1. The Morgan fingerprint density at radius 2 is 1.82 bits per heavy atom. The lowest BCUT2D eigenvalue weighted by molar-refractivity contribution is -0.146. The lowest BCUT2D eigenvalue weighted by atomic mass is 9.99. The first-order valence-electron chi connectivity index (χ1n) is 8.81. The molecule has 0 aromatic heterocycles. The van der Waals surface area contributed by atoms with Gasteiger partial charge in [-0.3, -0.25) is 9.59 Å². The Morgan fingerprint density at radius 1 is 1.07 bits per heavy atom. The quantitative estimate of drug-likeness (QED) is 0.509. The predicted molar refractivity (Wildman–Crippen MR) is 100 cm³/mol. The number of ketones is 1. The fourth-order valence-electron chi connectivity index (χ4n) is 3.03. The largest absolute Gasteiger partial charge is 0.497 e. The molecule has 0 radical (unpaired) electrons. The van der Waals surface area contributed by atoms with Crippen LogP contribution in [0.2, 0.25) is 0 Å². The molecule has 0 saturated heterocycles. The van der Waals surface area contributed by atoms with Crippen LogP contribution in [-0.4, -0.2) is 38.9 Å². The molecule has 7 heteroatoms. The summed E-state index contributed by atoms with van der Waals surface area (Å²) in [6.45, 7) is 1.41. The molecule has 0 amide bonds. The molecule has 0 fully saturated rings. The number of rotatable bonds is 8. The van der Waals surface area contributed by atoms with Gasteiger partial charge in [0.15, 0.2) is 17.3 Å². The Labute approximate surface area is 163 Å². The number of esters is 1. The van der Waals surface area contributed by atoms with Crippen molar-refractivity contribution in [2.45, 2.75) is 25.9 Å². The Morgan fingerprint density at radius 3 is 2.46 bits per heavy atom. The van der Waals surface area contributed by atoms with E-state index in [0.29, 0.717) is 29.2 Å². The Kier molecular flexibility index (Phi) is 6.03. The van der Waals surface area contributed by atoms with E-state index in [2.05, 4.69) is 0 Å². The molecular weight excluding hydrogens is 364 g/mol. The van der Waals surface area contributed by atoms with Crippen LogP contribution in [0.25, 0.3) is 0 Å². The topological polar surface area (TPSA) is 80.3 Å². The van der Waals surface area contributed by atoms with E-state index in [1.165, 1.54) is 14.0 Å². The molecule has 0 unspecified atom stereocenters. The highest BCUT2D eigenvalue weighted by molar-refractivity contribution is 5.97. The third-order valence-corrected chi connectivity index (χ3v) is 4.35. The average molecular weight is 386 g/mol. The van der Waals surface area contributed by atoms with E-state index in [1.807, 2.05) is 24.3 Å². The summed E-state index contributed by atoms with van der Waals surface area (Å²) in [5, 5.41) is 0. The van der Waals surface area contributed by atoms with E-state index >= 15 is 0 Å². The summed E-state index contributed by atoms with van der Waals surface area (Å²) in [7, 11) is 3.09. The smallest absolute Gasteiger partial charge is 0.302 e. The molecule has 2 aromatic carbocycles. The molecule has 3 rings (SSSR count). The highest BCUT2D eigenvalue weighted by Gasteiger charge is 2.24. The van der Waals surface area contributed by atoms with Gasteiger partial charge in [0.25, 0.3) is 0 Å². The van der Waals surface area contributed by atoms with Crippen molar-refractivity contribution in [1.29, 1.82) is 0 Å². The summed E-state index contributed by atoms with van der Waals surface area (Å²) in [6.07, 6.45) is -0.138. The van der Waals surface area contributed by atoms with Gasteiger partial charge in [-0.1, -0.05) is 12.1 Å². The minimum absolute atomic E-state index is 0.0361. The van der Waals surface area contributed by atoms with Crippen molar-refractivity contribution in [3.05, 3.63) is 47.5 Å². The van der Waals surface area contributed by atoms with Crippen LogP contribution in [-0.2, 0) is 16.0 Å². The molecular formula is C21H22O7. The van der Waals surface area contributed by atoms with Gasteiger partial charge in [-0.2, -0.15) is 0 Å². The van der Waals surface area contributed by atoms with E-state index in [-0.39, 0.29) is 19.0 Å². The van der Waals surface area contributed by atoms with Crippen molar-refractivity contribution >= 4 is 11.8 Å². The number of fused-ring (bicyclic) bond motifs is 1. The molecule has 0 aliphatic carbocycles. The zero-order chi connectivity index (χ0) is 20.1. The van der Waals surface area contributed by atoms with Crippen molar-refractivity contribution in [2.24, 2.45) is 0 Å². The Balaban J connectivity index is 1.76. The van der Waals surface area contributed by atoms with Crippen molar-refractivity contribution in [3.8, 4) is 23.0 Å². The highest BCUT2D eigenvalue weighted by atomic mass is 16.7. The molecule has 0 saturated carbocycles. The third-order valence-electron chi connectivity index (χ3n) is 4.35. The van der Waals surface area contributed by atoms with Gasteiger partial charge < -0.3 is 23.7 Å². The van der Waals surface area contributed by atoms with Crippen LogP contribution >= 0.6 is 0 Å². The van der Waals surface area contributed by atoms with Crippen LogP contribution in [0.4, 0.5) is 0 Å². The lowest BCUT2D eigenvalue weighted by Gasteiger charge is -2.17. The predicted octanol–water partition coefficient (Wildman–Crippen LogP) is 3.18. The fourth-order valence-corrected chi connectivity index (χ4v) is 3.03. The summed E-state index contributed by atoms with van der Waals surface area (Å²) in [5.74, 6) is 1.48. The minimum Gasteiger partial charge on any atom is -0.497 e. The molecule has 148 valence electrons. The Hall–Kier alpha value is -3.22. The summed E-state index contributed by atoms with van der Waals surface area (Å²) in [5.41, 5.74) is 1.34. The van der Waals surface area contributed by atoms with E-state index in [4.69, 9.17) is 23.7 Å². The lowest BCUT2D eigenvalue weighted by Crippen LogP contribution is -2.23. The van der Waals surface area contributed by atoms with Crippen molar-refractivity contribution < 1.29 is 33.3 Å². The monoisotopic (exact) mass is 386 g/mol. The number of methoxy groups -OCH3 is 2. The van der Waals surface area contributed by atoms with Gasteiger partial charge in [0, 0.05) is 25.3 Å². The maximum atomic E-state index is 12.8. The number of benzene rings is 2. The normalized spacial score (nSPS) is 13.0. The molecule has 7 nitrogen and oxygen atoms in total. The zero-order valence-corrected chi connectivity index (χ0v) is 16.0. The minimum atomic E-state index is -0.588. The van der Waals surface area contributed by atoms with Gasteiger partial charge in [-0.25, -0.2) is 0 Å². The van der Waals surface area contributed by atoms with Crippen molar-refractivity contribution in [2.75, 3.05) is 21.0 Å². The first-order chi connectivity index (χ1) is 13.5. The molecule has 2 aromatic rings. The molecule has 0 bridgehead atoms. The maximum Gasteiger partial charge on any atom is 0.302 e. The van der Waals surface area contributed by atoms with Crippen LogP contribution < -0.4 is 18.9 Å². The molecule has 0 N–H and O–H groups in total. The summed E-state index contributed by atoms with van der Waals surface area (Å²) in [4.78, 5) is 24.3. The second-order valence-electron chi connectivity index (χ2n) is 6.32. The average Bonchev–Trinajstić information content (AvgIpc) is 3.16. The summed E-state index contributed by atoms with van der Waals surface area (Å²) < 4.78 is 26.5. The molecule has 28 heavy (non-hydrogen) atoms. The molecule has 1 atom stereocenters. The van der Waals surface area contributed by atoms with Crippen LogP contribution in [0.1, 0.15) is 29.3 Å². The first kappa shape index (κ1) is 19.5. The molecule has 0 spiro atoms. The van der Waals surface area contributed by atoms with E-state index in [9.17, 15) is 9.59 Å². The van der Waals surface area contributed by atoms with Crippen LogP contribution in [0.3, 0.4) is 0 Å². The number of ether oxygens (including phenoxy) is 5. The van der Waals surface area contributed by atoms with Gasteiger partial charge in [0.05, 0.1) is 14.2 Å². The summed E-state index contributed by atoms with van der Waals surface area (Å²) >= 11 is 0. The van der Waals surface area contributed by atoms with Crippen LogP contribution in [0, 0.1) is 0 Å². The zero-order valence-electron chi connectivity index (χ0n) is 16.0. The van der Waals surface area contributed by atoms with Gasteiger partial charge >= 0.3 is 5.97 Å². The fraction of sp³-hybridized carbons (Fsp3) is 0.333. The van der Waals surface area contributed by atoms with E-state index < -0.39 is 12.1 Å². The first-order valence-corrected chi connectivity index (χ1v) is 8.81. The third kappa shape index (κ3) is 4.54. The molecule has 1 aliphatic rings. The summed E-state index contributed by atoms with van der Waals surface area (Å²) in [6, 6.07) is 10.6. The number of Topliss-reactive ketones (excluding diaryl/α,β-unsaturated/α-hetero) is 1. The van der Waals surface area contributed by atoms with E-state index in [0.717, 1.165) is 11.3 Å². The number of carbonyl (C=O) groups is 2. The molecule has 1 heterocycles. The SMILES string of the molecule is COc1ccc(C[C@@H](CC(=O)c2cc(OC)c3c(c2)OCO3)OC(C)=O)cc1. The van der Waals surface area contributed by atoms with Crippen LogP contribution in [0.15, 0.2) is 36.4 Å². The second-order valence-corrected chi connectivity index (χ2v) is 6.32. The van der Waals surface area contributed by atoms with Gasteiger partial charge in [-0.05, 0) is 29.8 Å². The number of carbonyl (C=O) groups excluding carboxylic acids is 2.